The van der Waals surface area contributed by atoms with Crippen LogP contribution in [0, 0.1) is 11.2 Å². The molecule has 0 saturated carbocycles. The van der Waals surface area contributed by atoms with Crippen molar-refractivity contribution in [1.82, 2.24) is 10.6 Å². The molecule has 176 valence electrons. The number of nitrogens with zero attached hydrogens (tertiary/aromatic N) is 1. The van der Waals surface area contributed by atoms with E-state index in [4.69, 9.17) is 15.9 Å². The van der Waals surface area contributed by atoms with E-state index in [0.29, 0.717) is 41.1 Å². The molecule has 0 aliphatic carbocycles. The third-order valence-electron chi connectivity index (χ3n) is 5.37. The molecule has 8 nitrogen and oxygen atoms in total. The number of carbonyl (C=O) groups excluding carboxylic acids is 2. The van der Waals surface area contributed by atoms with Crippen molar-refractivity contribution >= 4 is 37.3 Å². The number of benzene rings is 2. The van der Waals surface area contributed by atoms with E-state index in [9.17, 15) is 14.0 Å². The van der Waals surface area contributed by atoms with Gasteiger partial charge in [0, 0.05) is 6.92 Å². The van der Waals surface area contributed by atoms with Gasteiger partial charge in [-0.15, -0.1) is 0 Å². The number of carbonyl (C=O) groups is 2. The van der Waals surface area contributed by atoms with E-state index in [1.165, 1.54) is 24.8 Å². The maximum atomic E-state index is 14.9. The van der Waals surface area contributed by atoms with Gasteiger partial charge in [0.05, 0.1) is 18.8 Å². The molecule has 0 radical (unpaired) electrons. The van der Waals surface area contributed by atoms with Gasteiger partial charge >= 0.3 is 136 Å². The van der Waals surface area contributed by atoms with Gasteiger partial charge in [0.1, 0.15) is 6.10 Å². The molecule has 2 aromatic carbocycles. The number of hydrogen-bond acceptors (Lipinski definition) is 6. The minimum atomic E-state index is -0.573. The molecular weight excluding hydrogens is 436 g/mol. The van der Waals surface area contributed by atoms with E-state index in [1.54, 1.807) is 12.1 Å². The van der Waals surface area contributed by atoms with Gasteiger partial charge in [-0.25, -0.2) is 4.79 Å². The molecule has 2 amide bonds. The van der Waals surface area contributed by atoms with Gasteiger partial charge in [0.25, 0.3) is 0 Å². The summed E-state index contributed by atoms with van der Waals surface area (Å²) in [7, 11) is 0. The summed E-state index contributed by atoms with van der Waals surface area (Å²) in [6, 6.07) is 12.1. The van der Waals surface area contributed by atoms with E-state index < -0.39 is 18.0 Å². The summed E-state index contributed by atoms with van der Waals surface area (Å²) in [6.07, 6.45) is 0.102. The van der Waals surface area contributed by atoms with Gasteiger partial charge in [0.2, 0.25) is 5.91 Å². The SMILES string of the molecule is C=B/C(C=N)=C(/N)CNCc1ccc(-c2ccc(N3C[C@H](CNC(C)=O)OC3=O)cc2F)cc1. The van der Waals surface area contributed by atoms with Gasteiger partial charge in [-0.2, -0.15) is 0 Å². The second-order valence-corrected chi connectivity index (χ2v) is 7.85. The Morgan fingerprint density at radius 1 is 1.35 bits per heavy atom. The Bertz CT molecular complexity index is 1110. The van der Waals surface area contributed by atoms with Gasteiger partial charge in [-0.05, 0) is 0 Å². The van der Waals surface area contributed by atoms with E-state index in [0.717, 1.165) is 11.8 Å². The van der Waals surface area contributed by atoms with Crippen LogP contribution in [-0.4, -0.2) is 57.3 Å². The van der Waals surface area contributed by atoms with Crippen LogP contribution in [0.5, 0.6) is 0 Å². The van der Waals surface area contributed by atoms with Crippen molar-refractivity contribution in [3.05, 3.63) is 65.0 Å². The predicted molar refractivity (Wildman–Crippen MR) is 133 cm³/mol. The van der Waals surface area contributed by atoms with E-state index in [2.05, 4.69) is 17.1 Å². The number of allylic oxidation sites excluding steroid dienone is 1. The Hall–Kier alpha value is -3.79. The number of amides is 2. The zero-order chi connectivity index (χ0) is 24.7. The molecule has 0 aromatic heterocycles. The molecule has 1 heterocycles. The first-order chi connectivity index (χ1) is 16.3. The Kier molecular flexibility index (Phi) is 8.31. The van der Waals surface area contributed by atoms with Gasteiger partial charge in [0.15, 0.2) is 0 Å². The summed E-state index contributed by atoms with van der Waals surface area (Å²) >= 11 is 0. The van der Waals surface area contributed by atoms with Crippen LogP contribution >= 0.6 is 0 Å². The van der Waals surface area contributed by atoms with Crippen LogP contribution in [0.25, 0.3) is 11.1 Å². The van der Waals surface area contributed by atoms with Crippen LogP contribution in [0.4, 0.5) is 14.9 Å². The first kappa shape index (κ1) is 24.8. The number of hydrogen-bond donors (Lipinski definition) is 4. The zero-order valence-corrected chi connectivity index (χ0v) is 18.9. The fraction of sp³-hybridized carbons (Fsp3) is 0.250. The molecular formula is C24H27BFN5O3. The Labute approximate surface area is 198 Å². The molecule has 34 heavy (non-hydrogen) atoms. The summed E-state index contributed by atoms with van der Waals surface area (Å²) in [5, 5.41) is 13.1. The van der Waals surface area contributed by atoms with E-state index in [-0.39, 0.29) is 19.0 Å². The molecule has 0 unspecified atom stereocenters. The van der Waals surface area contributed by atoms with Crippen molar-refractivity contribution in [3.8, 4) is 11.1 Å². The quantitative estimate of drug-likeness (QED) is 0.317. The number of anilines is 1. The number of ether oxygens (including phenoxy) is 1. The van der Waals surface area contributed by atoms with Gasteiger partial charge in [-0.1, -0.05) is 0 Å². The molecule has 5 N–H and O–H groups in total. The van der Waals surface area contributed by atoms with Crippen LogP contribution in [0.3, 0.4) is 0 Å². The minimum absolute atomic E-state index is 0.209. The van der Waals surface area contributed by atoms with Crippen molar-refractivity contribution in [2.24, 2.45) is 5.73 Å². The Morgan fingerprint density at radius 3 is 2.71 bits per heavy atom. The monoisotopic (exact) mass is 463 g/mol. The zero-order valence-electron chi connectivity index (χ0n) is 18.9. The van der Waals surface area contributed by atoms with Crippen LogP contribution in [0.15, 0.2) is 53.6 Å². The molecule has 1 atom stereocenters. The first-order valence-corrected chi connectivity index (χ1v) is 10.8. The third-order valence-corrected chi connectivity index (χ3v) is 5.37. The topological polar surface area (TPSA) is 121 Å². The van der Waals surface area contributed by atoms with Crippen LogP contribution in [0.1, 0.15) is 12.5 Å². The molecule has 0 bridgehead atoms. The second kappa shape index (κ2) is 11.4. The number of rotatable bonds is 10. The summed E-state index contributed by atoms with van der Waals surface area (Å²) < 4.78 is 20.1. The Balaban J connectivity index is 1.63. The molecule has 3 rings (SSSR count). The summed E-state index contributed by atoms with van der Waals surface area (Å²) in [5.74, 6) is -0.666. The van der Waals surface area contributed by atoms with Crippen molar-refractivity contribution < 1.29 is 18.7 Å². The van der Waals surface area contributed by atoms with Crippen LogP contribution < -0.4 is 21.3 Å². The summed E-state index contributed by atoms with van der Waals surface area (Å²) in [5.41, 5.74) is 9.55. The van der Waals surface area contributed by atoms with Gasteiger partial charge in [-0.3, -0.25) is 9.69 Å². The molecule has 0 spiro atoms. The Morgan fingerprint density at radius 2 is 2.09 bits per heavy atom. The van der Waals surface area contributed by atoms with Gasteiger partial charge < -0.3 is 10.1 Å². The molecule has 1 fully saturated rings. The third kappa shape index (κ3) is 6.17. The number of halogens is 1. The standard InChI is InChI=1S/C24H27BFN5O3/c1-15(32)30-12-19-14-31(24(33)34-19)18-7-8-20(22(26)9-18)17-5-3-16(4-6-17)11-29-13-23(28)21(10-27)25-2/h3-10,19,27,29H,2,11-14,28H2,1H3,(H,30,32)/b23-21+,27-10?/t19-/m0/s1. The average molecular weight is 463 g/mol. The molecule has 1 aliphatic heterocycles. The summed E-state index contributed by atoms with van der Waals surface area (Å²) in [4.78, 5) is 24.6. The summed E-state index contributed by atoms with van der Waals surface area (Å²) in [6.45, 7) is 7.96. The van der Waals surface area contributed by atoms with E-state index in [1.807, 2.05) is 24.3 Å². The fourth-order valence-corrected chi connectivity index (χ4v) is 3.53. The molecule has 2 aromatic rings. The molecule has 1 aliphatic rings. The predicted octanol–water partition coefficient (Wildman–Crippen LogP) is 2.00. The second-order valence-electron chi connectivity index (χ2n) is 7.85. The number of cyclic esters (lactones) is 1. The first-order valence-electron chi connectivity index (χ1n) is 10.8. The maximum absolute atomic E-state index is 14.9. The van der Waals surface area contributed by atoms with Crippen molar-refractivity contribution in [3.63, 3.8) is 0 Å². The number of nitrogens with one attached hydrogen (secondary N) is 3. The molecule has 10 heteroatoms. The normalized spacial score (nSPS) is 15.9. The van der Waals surface area contributed by atoms with Crippen LogP contribution in [-0.2, 0) is 16.1 Å². The fourth-order valence-electron chi connectivity index (χ4n) is 3.53. The van der Waals surface area contributed by atoms with Crippen molar-refractivity contribution in [2.75, 3.05) is 24.5 Å². The van der Waals surface area contributed by atoms with Crippen molar-refractivity contribution in [2.45, 2.75) is 19.6 Å². The average Bonchev–Trinajstić information content (AvgIpc) is 3.19. The molecule has 1 saturated heterocycles. The number of nitrogens with two attached hydrogens (primary N) is 1. The van der Waals surface area contributed by atoms with Crippen molar-refractivity contribution in [1.29, 1.82) is 5.41 Å². The van der Waals surface area contributed by atoms with Crippen LogP contribution in [0.2, 0.25) is 0 Å². The van der Waals surface area contributed by atoms with E-state index >= 15 is 0 Å².